The summed E-state index contributed by atoms with van der Waals surface area (Å²) in [6, 6.07) is 0.476. The molecule has 0 unspecified atom stereocenters. The number of aromatic nitrogens is 2. The number of nitrogens with zero attached hydrogens (tertiary/aromatic N) is 1. The third kappa shape index (κ3) is 1.24. The van der Waals surface area contributed by atoms with Gasteiger partial charge in [-0.15, -0.1) is 4.79 Å². The van der Waals surface area contributed by atoms with E-state index in [0.717, 1.165) is 0 Å². The molecule has 0 bridgehead atoms. The van der Waals surface area contributed by atoms with Crippen LogP contribution in [0.5, 0.6) is 0 Å². The van der Waals surface area contributed by atoms with Crippen LogP contribution < -0.4 is 11.2 Å². The fraction of sp³-hybridized carbons (Fsp3) is 0. The van der Waals surface area contributed by atoms with Crippen LogP contribution in [0.25, 0.3) is 0 Å². The molecule has 0 amide bonds. The van der Waals surface area contributed by atoms with Gasteiger partial charge in [0.15, 0.2) is 5.69 Å². The lowest BCUT2D eigenvalue weighted by Crippen LogP contribution is -2.30. The topological polar surface area (TPSA) is 92.2 Å². The second-order valence-electron chi connectivity index (χ2n) is 1.91. The van der Waals surface area contributed by atoms with Gasteiger partial charge in [-0.25, -0.2) is 9.59 Å². The molecule has 0 aliphatic rings. The summed E-state index contributed by atoms with van der Waals surface area (Å²) in [5.41, 5.74) is -3.35. The molecule has 0 aliphatic heterocycles. The zero-order valence-electron chi connectivity index (χ0n) is 5.57. The largest absolute Gasteiger partial charge is 0.476 e. The Morgan fingerprint density at radius 1 is 1.58 bits per heavy atom. The summed E-state index contributed by atoms with van der Waals surface area (Å²) >= 11 is 0. The molecule has 12 heavy (non-hydrogen) atoms. The molecule has 1 aromatic heterocycles. The predicted octanol–water partition coefficient (Wildman–Crippen LogP) is -1.03. The van der Waals surface area contributed by atoms with Crippen molar-refractivity contribution in [1.82, 2.24) is 9.77 Å². The first-order valence-corrected chi connectivity index (χ1v) is 2.78. The van der Waals surface area contributed by atoms with E-state index in [2.05, 4.69) is 0 Å². The van der Waals surface area contributed by atoms with Gasteiger partial charge in [0.2, 0.25) is 0 Å². The van der Waals surface area contributed by atoms with Gasteiger partial charge in [0.1, 0.15) is 0 Å². The van der Waals surface area contributed by atoms with Gasteiger partial charge in [0.25, 0.3) is 5.56 Å². The minimum Gasteiger partial charge on any atom is -0.476 e. The summed E-state index contributed by atoms with van der Waals surface area (Å²) in [5.74, 6) is -1.68. The molecule has 2 N–H and O–H groups in total. The Labute approximate surface area is 63.8 Å². The third-order valence-electron chi connectivity index (χ3n) is 1.11. The summed E-state index contributed by atoms with van der Waals surface area (Å²) < 4.78 is 12.5. The first-order valence-electron chi connectivity index (χ1n) is 2.78. The van der Waals surface area contributed by atoms with Crippen molar-refractivity contribution >= 4 is 5.97 Å². The highest BCUT2D eigenvalue weighted by Gasteiger charge is 2.11. The zero-order valence-corrected chi connectivity index (χ0v) is 5.57. The Hall–Kier alpha value is -1.92. The van der Waals surface area contributed by atoms with E-state index in [4.69, 9.17) is 5.11 Å². The van der Waals surface area contributed by atoms with Gasteiger partial charge in [0, 0.05) is 6.07 Å². The van der Waals surface area contributed by atoms with E-state index in [1.165, 1.54) is 0 Å². The van der Waals surface area contributed by atoms with Crippen molar-refractivity contribution in [3.05, 3.63) is 32.6 Å². The summed E-state index contributed by atoms with van der Waals surface area (Å²) in [5, 5.41) is 8.26. The molecule has 0 saturated heterocycles. The monoisotopic (exact) mass is 174 g/mol. The third-order valence-corrected chi connectivity index (χ3v) is 1.11. The number of carboxylic acids is 1. The summed E-state index contributed by atoms with van der Waals surface area (Å²) in [6.45, 7) is 0. The Morgan fingerprint density at radius 2 is 2.17 bits per heavy atom. The predicted molar refractivity (Wildman–Crippen MR) is 34.8 cm³/mol. The van der Waals surface area contributed by atoms with Crippen molar-refractivity contribution in [3.63, 3.8) is 0 Å². The quantitative estimate of drug-likeness (QED) is 0.569. The Morgan fingerprint density at radius 3 is 2.67 bits per heavy atom. The number of hydrogen-bond acceptors (Lipinski definition) is 3. The maximum absolute atomic E-state index is 12.5. The smallest absolute Gasteiger partial charge is 0.357 e. The number of H-pyrrole nitrogens is 1. The molecule has 64 valence electrons. The molecular weight excluding hydrogens is 171 g/mol. The van der Waals surface area contributed by atoms with Crippen LogP contribution in [0.2, 0.25) is 0 Å². The Balaban J connectivity index is 3.59. The van der Waals surface area contributed by atoms with E-state index in [1.54, 1.807) is 4.98 Å². The lowest BCUT2D eigenvalue weighted by molar-refractivity contribution is 0.0668. The molecule has 1 rings (SSSR count). The molecule has 0 aliphatic carbocycles. The average molecular weight is 174 g/mol. The second kappa shape index (κ2) is 2.61. The number of nitrogens with one attached hydrogen (secondary N) is 1. The van der Waals surface area contributed by atoms with Crippen LogP contribution >= 0.6 is 0 Å². The number of aromatic carboxylic acids is 1. The van der Waals surface area contributed by atoms with Crippen molar-refractivity contribution in [2.75, 3.05) is 0 Å². The van der Waals surface area contributed by atoms with Gasteiger partial charge in [-0.2, -0.15) is 0 Å². The number of carbonyl (C=O) groups is 1. The van der Waals surface area contributed by atoms with Crippen molar-refractivity contribution in [2.24, 2.45) is 0 Å². The van der Waals surface area contributed by atoms with E-state index < -0.39 is 27.7 Å². The van der Waals surface area contributed by atoms with E-state index in [9.17, 15) is 18.9 Å². The van der Waals surface area contributed by atoms with Crippen molar-refractivity contribution < 1.29 is 14.4 Å². The fourth-order valence-electron chi connectivity index (χ4n) is 0.627. The normalized spacial score (nSPS) is 9.75. The van der Waals surface area contributed by atoms with E-state index in [1.807, 2.05) is 0 Å². The Bertz CT molecular complexity index is 432. The van der Waals surface area contributed by atoms with Crippen molar-refractivity contribution in [1.29, 1.82) is 0 Å². The van der Waals surface area contributed by atoms with E-state index >= 15 is 0 Å². The number of aromatic amines is 1. The lowest BCUT2D eigenvalue weighted by Gasteiger charge is -1.95. The summed E-state index contributed by atoms with van der Waals surface area (Å²) in [7, 11) is 0. The number of rotatable bonds is 1. The molecule has 0 saturated carbocycles. The highest BCUT2D eigenvalue weighted by atomic mass is 19.2. The molecule has 1 heterocycles. The van der Waals surface area contributed by atoms with E-state index in [-0.39, 0.29) is 0 Å². The zero-order chi connectivity index (χ0) is 9.30. The SMILES string of the molecule is O=C(O)c1cc(=O)[nH]c(=O)n1F. The first kappa shape index (κ1) is 8.18. The molecule has 0 spiro atoms. The molecule has 0 atom stereocenters. The summed E-state index contributed by atoms with van der Waals surface area (Å²) in [6.07, 6.45) is 0. The second-order valence-corrected chi connectivity index (χ2v) is 1.91. The highest BCUT2D eigenvalue weighted by molar-refractivity contribution is 5.85. The van der Waals surface area contributed by atoms with E-state index in [0.29, 0.717) is 6.07 Å². The van der Waals surface area contributed by atoms with Crippen LogP contribution in [0, 0.1) is 0 Å². The van der Waals surface area contributed by atoms with Gasteiger partial charge in [0.05, 0.1) is 0 Å². The van der Waals surface area contributed by atoms with Gasteiger partial charge in [-0.3, -0.25) is 9.78 Å². The van der Waals surface area contributed by atoms with Gasteiger partial charge in [-0.1, -0.05) is 4.48 Å². The summed E-state index contributed by atoms with van der Waals surface area (Å²) in [4.78, 5) is 32.0. The minimum atomic E-state index is -1.68. The van der Waals surface area contributed by atoms with Gasteiger partial charge < -0.3 is 5.11 Å². The molecule has 0 fully saturated rings. The number of carboxylic acid groups (broad SMARTS) is 1. The van der Waals surface area contributed by atoms with Crippen molar-refractivity contribution in [2.45, 2.75) is 0 Å². The van der Waals surface area contributed by atoms with Gasteiger partial charge in [-0.05, 0) is 0 Å². The number of halogens is 1. The van der Waals surface area contributed by atoms with Crippen LogP contribution in [0.15, 0.2) is 15.7 Å². The molecule has 6 nitrogen and oxygen atoms in total. The minimum absolute atomic E-state index is 0.476. The van der Waals surface area contributed by atoms with Crippen LogP contribution in [0.3, 0.4) is 0 Å². The maximum atomic E-state index is 12.5. The number of hydrogen-bond donors (Lipinski definition) is 2. The van der Waals surface area contributed by atoms with Crippen LogP contribution in [0.4, 0.5) is 4.48 Å². The lowest BCUT2D eigenvalue weighted by atomic mass is 10.4. The maximum Gasteiger partial charge on any atom is 0.357 e. The van der Waals surface area contributed by atoms with Gasteiger partial charge >= 0.3 is 11.7 Å². The molecular formula is C5H3FN2O4. The molecule has 0 radical (unpaired) electrons. The molecule has 7 heteroatoms. The molecule has 1 aromatic rings. The highest BCUT2D eigenvalue weighted by Crippen LogP contribution is 1.90. The Kier molecular flexibility index (Phi) is 1.78. The van der Waals surface area contributed by atoms with Crippen LogP contribution in [-0.4, -0.2) is 20.8 Å². The van der Waals surface area contributed by atoms with Crippen LogP contribution in [-0.2, 0) is 0 Å². The molecule has 0 aromatic carbocycles. The van der Waals surface area contributed by atoms with Crippen LogP contribution in [0.1, 0.15) is 10.5 Å². The standard InChI is InChI=1S/C5H3FN2O4/c6-8-2(4(10)11)1-3(9)7-5(8)12/h1H,(H,10,11)(H,7,9,12). The first-order chi connectivity index (χ1) is 5.52. The van der Waals surface area contributed by atoms with Crippen molar-refractivity contribution in [3.8, 4) is 0 Å². The average Bonchev–Trinajstić information content (AvgIpc) is 1.96. The fourth-order valence-corrected chi connectivity index (χ4v) is 0.627.